The predicted molar refractivity (Wildman–Crippen MR) is 215 cm³/mol. The lowest BCUT2D eigenvalue weighted by atomic mass is 9.65. The zero-order valence-corrected chi connectivity index (χ0v) is 29.5. The number of hydrogen-bond donors (Lipinski definition) is 0. The molecule has 2 saturated carbocycles. The van der Waals surface area contributed by atoms with Gasteiger partial charge in [-0.25, -0.2) is 0 Å². The Bertz CT molecular complexity index is 2570. The fourth-order valence-electron chi connectivity index (χ4n) is 12.1. The topological polar surface area (TPSA) is 3.24 Å². The van der Waals surface area contributed by atoms with Gasteiger partial charge in [0.05, 0.1) is 5.69 Å². The number of nitrogens with zero attached hydrogens (tertiary/aromatic N) is 1. The highest BCUT2D eigenvalue weighted by Crippen LogP contribution is 2.76. The van der Waals surface area contributed by atoms with E-state index in [-0.39, 0.29) is 5.41 Å². The molecule has 5 aliphatic rings. The molecule has 12 rings (SSSR count). The van der Waals surface area contributed by atoms with Crippen molar-refractivity contribution in [1.82, 2.24) is 0 Å². The molecule has 7 aromatic rings. The fraction of sp³-hybridized carbons (Fsp3) is 0.224. The first-order chi connectivity index (χ1) is 25.3. The third-order valence-corrected chi connectivity index (χ3v) is 14.8. The van der Waals surface area contributed by atoms with E-state index in [2.05, 4.69) is 144 Å². The molecule has 1 heterocycles. The Balaban J connectivity index is 1.01. The normalized spacial score (nSPS) is 25.2. The lowest BCUT2D eigenvalue weighted by Gasteiger charge is -2.38. The predicted octanol–water partition coefficient (Wildman–Crippen LogP) is 13.6. The minimum atomic E-state index is 0.0875. The van der Waals surface area contributed by atoms with Crippen LogP contribution in [-0.2, 0) is 5.41 Å². The number of rotatable bonds is 4. The molecular weight excluding hydrogens is 635 g/mol. The van der Waals surface area contributed by atoms with Crippen LogP contribution >= 0.6 is 11.3 Å². The fourth-order valence-corrected chi connectivity index (χ4v) is 13.2. The van der Waals surface area contributed by atoms with Crippen molar-refractivity contribution in [3.63, 3.8) is 0 Å². The molecule has 0 N–H and O–H groups in total. The molecule has 6 aromatic carbocycles. The van der Waals surface area contributed by atoms with E-state index < -0.39 is 0 Å². The van der Waals surface area contributed by atoms with Crippen LogP contribution in [0.15, 0.2) is 145 Å². The summed E-state index contributed by atoms with van der Waals surface area (Å²) in [6.45, 7) is 0. The summed E-state index contributed by atoms with van der Waals surface area (Å²) in [7, 11) is 0. The zero-order chi connectivity index (χ0) is 33.3. The van der Waals surface area contributed by atoms with Crippen molar-refractivity contribution in [2.75, 3.05) is 4.90 Å². The summed E-state index contributed by atoms with van der Waals surface area (Å²) in [6.07, 6.45) is 8.17. The van der Waals surface area contributed by atoms with Gasteiger partial charge in [0.15, 0.2) is 0 Å². The van der Waals surface area contributed by atoms with Crippen LogP contribution in [0.1, 0.15) is 66.7 Å². The second kappa shape index (κ2) is 10.6. The number of thiophene rings is 1. The van der Waals surface area contributed by atoms with E-state index in [1.54, 1.807) is 27.8 Å². The maximum absolute atomic E-state index is 2.65. The summed E-state index contributed by atoms with van der Waals surface area (Å²) in [5.74, 6) is 3.03. The Hall–Kier alpha value is -4.92. The SMILES string of the molecule is c1ccc(N(c2ccc(-c3ccc4c(c3)C35C6=C(CCCC6C6CCCC4C63)c3ccccc35)cc2)c2cccc3sc4ccccc4c23)cc1. The van der Waals surface area contributed by atoms with Crippen LogP contribution in [0.25, 0.3) is 36.9 Å². The average Bonchev–Trinajstić information content (AvgIpc) is 3.91. The first-order valence-corrected chi connectivity index (χ1v) is 20.0. The van der Waals surface area contributed by atoms with E-state index in [9.17, 15) is 0 Å². The second-order valence-corrected chi connectivity index (χ2v) is 16.8. The third kappa shape index (κ3) is 3.71. The van der Waals surface area contributed by atoms with E-state index in [0.717, 1.165) is 17.8 Å². The summed E-state index contributed by atoms with van der Waals surface area (Å²) in [5, 5.41) is 2.65. The van der Waals surface area contributed by atoms with Crippen molar-refractivity contribution < 1.29 is 0 Å². The van der Waals surface area contributed by atoms with Gasteiger partial charge in [0, 0.05) is 37.0 Å². The first-order valence-electron chi connectivity index (χ1n) is 19.1. The van der Waals surface area contributed by atoms with E-state index in [1.165, 1.54) is 86.9 Å². The molecule has 246 valence electrons. The van der Waals surface area contributed by atoms with Crippen molar-refractivity contribution in [2.45, 2.75) is 49.9 Å². The Morgan fingerprint density at radius 1 is 0.588 bits per heavy atom. The molecule has 5 unspecified atom stereocenters. The summed E-state index contributed by atoms with van der Waals surface area (Å²) >= 11 is 1.88. The molecule has 1 nitrogen and oxygen atoms in total. The minimum Gasteiger partial charge on any atom is -0.310 e. The third-order valence-electron chi connectivity index (χ3n) is 13.7. The highest BCUT2D eigenvalue weighted by molar-refractivity contribution is 7.26. The second-order valence-electron chi connectivity index (χ2n) is 15.7. The molecule has 1 spiro atoms. The van der Waals surface area contributed by atoms with Gasteiger partial charge in [-0.1, -0.05) is 97.4 Å². The maximum atomic E-state index is 2.65. The van der Waals surface area contributed by atoms with Crippen molar-refractivity contribution >= 4 is 54.1 Å². The Morgan fingerprint density at radius 3 is 2.27 bits per heavy atom. The number of allylic oxidation sites excluding steroid dienone is 2. The largest absolute Gasteiger partial charge is 0.310 e. The molecule has 2 heteroatoms. The lowest BCUT2D eigenvalue weighted by Crippen LogP contribution is -2.33. The van der Waals surface area contributed by atoms with Crippen LogP contribution in [0.5, 0.6) is 0 Å². The molecule has 51 heavy (non-hydrogen) atoms. The van der Waals surface area contributed by atoms with E-state index in [1.807, 2.05) is 16.9 Å². The van der Waals surface area contributed by atoms with Gasteiger partial charge >= 0.3 is 0 Å². The van der Waals surface area contributed by atoms with Crippen molar-refractivity contribution in [1.29, 1.82) is 0 Å². The smallest absolute Gasteiger partial charge is 0.0554 e. The van der Waals surface area contributed by atoms with Crippen molar-refractivity contribution in [2.24, 2.45) is 17.8 Å². The number of anilines is 3. The lowest BCUT2D eigenvalue weighted by molar-refractivity contribution is 0.180. The van der Waals surface area contributed by atoms with Crippen LogP contribution in [0.2, 0.25) is 0 Å². The molecular formula is C49H39NS. The monoisotopic (exact) mass is 673 g/mol. The van der Waals surface area contributed by atoms with Gasteiger partial charge in [-0.2, -0.15) is 0 Å². The molecule has 5 atom stereocenters. The molecule has 0 saturated heterocycles. The van der Waals surface area contributed by atoms with Crippen molar-refractivity contribution in [3.05, 3.63) is 167 Å². The van der Waals surface area contributed by atoms with Gasteiger partial charge in [-0.3, -0.25) is 0 Å². The van der Waals surface area contributed by atoms with Crippen LogP contribution in [0.4, 0.5) is 17.1 Å². The van der Waals surface area contributed by atoms with Crippen LogP contribution in [0.3, 0.4) is 0 Å². The molecule has 5 aliphatic carbocycles. The van der Waals surface area contributed by atoms with E-state index >= 15 is 0 Å². The zero-order valence-electron chi connectivity index (χ0n) is 28.7. The van der Waals surface area contributed by atoms with Crippen LogP contribution in [-0.4, -0.2) is 0 Å². The van der Waals surface area contributed by atoms with Crippen LogP contribution in [0, 0.1) is 17.8 Å². The summed E-state index contributed by atoms with van der Waals surface area (Å²) < 4.78 is 2.66. The Labute approximate surface area is 303 Å². The number of para-hydroxylation sites is 1. The number of hydrogen-bond acceptors (Lipinski definition) is 2. The molecule has 0 amide bonds. The van der Waals surface area contributed by atoms with Gasteiger partial charge < -0.3 is 4.90 Å². The minimum absolute atomic E-state index is 0.0875. The maximum Gasteiger partial charge on any atom is 0.0554 e. The summed E-state index contributed by atoms with van der Waals surface area (Å²) in [5.41, 5.74) is 16.4. The molecule has 0 aliphatic heterocycles. The molecule has 1 aromatic heterocycles. The molecule has 2 fully saturated rings. The van der Waals surface area contributed by atoms with Crippen LogP contribution < -0.4 is 4.90 Å². The quantitative estimate of drug-likeness (QED) is 0.180. The van der Waals surface area contributed by atoms with E-state index in [0.29, 0.717) is 5.92 Å². The van der Waals surface area contributed by atoms with E-state index in [4.69, 9.17) is 0 Å². The molecule has 0 radical (unpaired) electrons. The Morgan fingerprint density at radius 2 is 1.35 bits per heavy atom. The van der Waals surface area contributed by atoms with Gasteiger partial charge in [-0.05, 0) is 149 Å². The standard InChI is InChI=1S/C49H39NS/c1-2-11-32(12-3-1)50(43-20-10-22-45-46(43)40-14-5-7-21-44(40)51-45)33-26-23-30(24-27-33)31-25-28-35-37-16-9-18-39-38-17-8-15-36-34-13-4-6-19-41(34)49(47(36)38,48(37)39)42(35)29-31/h1-7,10-14,19-29,37-39,48H,8-9,15-18H2. The number of benzene rings is 6. The first kappa shape index (κ1) is 28.7. The summed E-state index contributed by atoms with van der Waals surface area (Å²) in [6, 6.07) is 53.1. The van der Waals surface area contributed by atoms with Gasteiger partial charge in [0.25, 0.3) is 0 Å². The number of fused-ring (bicyclic) bond motifs is 8. The van der Waals surface area contributed by atoms with Crippen molar-refractivity contribution in [3.8, 4) is 11.1 Å². The van der Waals surface area contributed by atoms with Gasteiger partial charge in [-0.15, -0.1) is 11.3 Å². The Kier molecular flexibility index (Phi) is 5.95. The summed E-state index contributed by atoms with van der Waals surface area (Å²) in [4.78, 5) is 2.45. The highest BCUT2D eigenvalue weighted by atomic mass is 32.1. The highest BCUT2D eigenvalue weighted by Gasteiger charge is 2.68. The average molecular weight is 674 g/mol. The van der Waals surface area contributed by atoms with Gasteiger partial charge in [0.2, 0.25) is 0 Å². The molecule has 0 bridgehead atoms. The van der Waals surface area contributed by atoms with Gasteiger partial charge in [0.1, 0.15) is 0 Å².